The summed E-state index contributed by atoms with van der Waals surface area (Å²) in [6, 6.07) is 5.97. The van der Waals surface area contributed by atoms with E-state index in [1.165, 1.54) is 13.0 Å². The monoisotopic (exact) mass is 379 g/mol. The first-order chi connectivity index (χ1) is 11.3. The van der Waals surface area contributed by atoms with Crippen LogP contribution in [0.15, 0.2) is 27.1 Å². The molecule has 2 aliphatic rings. The largest absolute Gasteiger partial charge is 0.439 e. The molecule has 4 rings (SSSR count). The number of ether oxygens (including phenoxy) is 1. The Labute approximate surface area is 144 Å². The standard InChI is InChI=1S/C17H22BrN3O2/c18-14-1-2-15-16(9-14)23-17(19-15)11-21-6-4-20(5-7-21)10-13-3-8-22-12-13/h1-2,9,13H,3-8,10-12H2/t13-/m1/s1. The van der Waals surface area contributed by atoms with Crippen LogP contribution in [-0.4, -0.2) is 60.7 Å². The van der Waals surface area contributed by atoms with E-state index in [1.807, 2.05) is 18.2 Å². The molecule has 3 heterocycles. The van der Waals surface area contributed by atoms with Crippen molar-refractivity contribution in [3.8, 4) is 0 Å². The Hall–Kier alpha value is -0.950. The van der Waals surface area contributed by atoms with Crippen LogP contribution >= 0.6 is 15.9 Å². The lowest BCUT2D eigenvalue weighted by Crippen LogP contribution is -2.47. The van der Waals surface area contributed by atoms with Crippen molar-refractivity contribution in [3.05, 3.63) is 28.6 Å². The van der Waals surface area contributed by atoms with Gasteiger partial charge in [-0.1, -0.05) is 15.9 Å². The normalized spacial score (nSPS) is 23.8. The number of hydrogen-bond acceptors (Lipinski definition) is 5. The number of oxazole rings is 1. The molecule has 1 atom stereocenters. The maximum atomic E-state index is 5.87. The van der Waals surface area contributed by atoms with Crippen LogP contribution in [0.2, 0.25) is 0 Å². The Kier molecular flexibility index (Phi) is 4.66. The van der Waals surface area contributed by atoms with Gasteiger partial charge in [-0.3, -0.25) is 4.90 Å². The van der Waals surface area contributed by atoms with Gasteiger partial charge in [-0.25, -0.2) is 4.98 Å². The second kappa shape index (κ2) is 6.89. The van der Waals surface area contributed by atoms with E-state index in [-0.39, 0.29) is 0 Å². The van der Waals surface area contributed by atoms with E-state index in [9.17, 15) is 0 Å². The van der Waals surface area contributed by atoms with Gasteiger partial charge in [0.2, 0.25) is 5.89 Å². The van der Waals surface area contributed by atoms with Gasteiger partial charge in [0.05, 0.1) is 13.2 Å². The Morgan fingerprint density at radius 1 is 1.17 bits per heavy atom. The molecule has 0 spiro atoms. The lowest BCUT2D eigenvalue weighted by Gasteiger charge is -2.35. The van der Waals surface area contributed by atoms with Crippen molar-refractivity contribution in [1.29, 1.82) is 0 Å². The van der Waals surface area contributed by atoms with Crippen LogP contribution in [0.4, 0.5) is 0 Å². The number of hydrogen-bond donors (Lipinski definition) is 0. The molecule has 124 valence electrons. The lowest BCUT2D eigenvalue weighted by molar-refractivity contribution is 0.102. The first-order valence-electron chi connectivity index (χ1n) is 8.34. The highest BCUT2D eigenvalue weighted by Crippen LogP contribution is 2.22. The van der Waals surface area contributed by atoms with Gasteiger partial charge in [0.25, 0.3) is 0 Å². The van der Waals surface area contributed by atoms with Gasteiger partial charge >= 0.3 is 0 Å². The molecular weight excluding hydrogens is 358 g/mol. The molecule has 0 aliphatic carbocycles. The second-order valence-corrected chi connectivity index (χ2v) is 7.44. The Morgan fingerprint density at radius 2 is 2.00 bits per heavy atom. The Balaban J connectivity index is 1.31. The minimum atomic E-state index is 0.733. The summed E-state index contributed by atoms with van der Waals surface area (Å²) in [6.07, 6.45) is 1.22. The molecule has 0 amide bonds. The summed E-state index contributed by atoms with van der Waals surface area (Å²) in [5.41, 5.74) is 1.79. The van der Waals surface area contributed by atoms with Crippen molar-refractivity contribution < 1.29 is 9.15 Å². The zero-order valence-corrected chi connectivity index (χ0v) is 14.8. The molecule has 2 aromatic rings. The number of aromatic nitrogens is 1. The van der Waals surface area contributed by atoms with Crippen LogP contribution in [0.25, 0.3) is 11.1 Å². The fourth-order valence-corrected chi connectivity index (χ4v) is 3.77. The van der Waals surface area contributed by atoms with Gasteiger partial charge in [0.1, 0.15) is 5.52 Å². The van der Waals surface area contributed by atoms with E-state index in [0.717, 1.165) is 73.3 Å². The topological polar surface area (TPSA) is 41.7 Å². The lowest BCUT2D eigenvalue weighted by atomic mass is 10.1. The van der Waals surface area contributed by atoms with E-state index in [1.54, 1.807) is 0 Å². The predicted molar refractivity (Wildman–Crippen MR) is 92.4 cm³/mol. The molecule has 1 aromatic heterocycles. The number of rotatable bonds is 4. The summed E-state index contributed by atoms with van der Waals surface area (Å²) in [5, 5.41) is 0. The summed E-state index contributed by atoms with van der Waals surface area (Å²) in [5.74, 6) is 1.55. The molecule has 5 nitrogen and oxygen atoms in total. The first-order valence-corrected chi connectivity index (χ1v) is 9.13. The number of halogens is 1. The van der Waals surface area contributed by atoms with E-state index < -0.39 is 0 Å². The summed E-state index contributed by atoms with van der Waals surface area (Å²) < 4.78 is 12.4. The van der Waals surface area contributed by atoms with Crippen LogP contribution in [0.1, 0.15) is 12.3 Å². The van der Waals surface area contributed by atoms with Crippen LogP contribution in [0.3, 0.4) is 0 Å². The maximum Gasteiger partial charge on any atom is 0.209 e. The van der Waals surface area contributed by atoms with Crippen LogP contribution in [0.5, 0.6) is 0 Å². The highest BCUT2D eigenvalue weighted by atomic mass is 79.9. The van der Waals surface area contributed by atoms with Crippen molar-refractivity contribution in [2.45, 2.75) is 13.0 Å². The third-order valence-electron chi connectivity index (χ3n) is 4.76. The van der Waals surface area contributed by atoms with Crippen molar-refractivity contribution in [1.82, 2.24) is 14.8 Å². The van der Waals surface area contributed by atoms with Crippen molar-refractivity contribution in [3.63, 3.8) is 0 Å². The third-order valence-corrected chi connectivity index (χ3v) is 5.25. The van der Waals surface area contributed by atoms with Crippen LogP contribution in [0, 0.1) is 5.92 Å². The maximum absolute atomic E-state index is 5.87. The number of fused-ring (bicyclic) bond motifs is 1. The smallest absolute Gasteiger partial charge is 0.209 e. The highest BCUT2D eigenvalue weighted by Gasteiger charge is 2.23. The molecule has 2 aliphatic heterocycles. The number of nitrogens with zero attached hydrogens (tertiary/aromatic N) is 3. The predicted octanol–water partition coefficient (Wildman–Crippen LogP) is 2.74. The number of benzene rings is 1. The molecular formula is C17H22BrN3O2. The molecule has 0 N–H and O–H groups in total. The second-order valence-electron chi connectivity index (χ2n) is 6.53. The quantitative estimate of drug-likeness (QED) is 0.816. The summed E-state index contributed by atoms with van der Waals surface area (Å²) in [4.78, 5) is 9.59. The molecule has 23 heavy (non-hydrogen) atoms. The van der Waals surface area contributed by atoms with Gasteiger partial charge in [0.15, 0.2) is 5.58 Å². The average molecular weight is 380 g/mol. The van der Waals surface area contributed by atoms with E-state index >= 15 is 0 Å². The third kappa shape index (κ3) is 3.76. The SMILES string of the molecule is Brc1ccc2nc(CN3CCN(C[C@H]4CCOC4)CC3)oc2c1. The minimum Gasteiger partial charge on any atom is -0.439 e. The number of piperazine rings is 1. The van der Waals surface area contributed by atoms with Gasteiger partial charge < -0.3 is 14.1 Å². The summed E-state index contributed by atoms with van der Waals surface area (Å²) in [7, 11) is 0. The van der Waals surface area contributed by atoms with Gasteiger partial charge in [-0.05, 0) is 30.5 Å². The van der Waals surface area contributed by atoms with Crippen molar-refractivity contribution in [2.75, 3.05) is 45.9 Å². The van der Waals surface area contributed by atoms with Crippen molar-refractivity contribution in [2.24, 2.45) is 5.92 Å². The Bertz CT molecular complexity index is 661. The fourth-order valence-electron chi connectivity index (χ4n) is 3.43. The Morgan fingerprint density at radius 3 is 2.78 bits per heavy atom. The molecule has 0 unspecified atom stereocenters. The molecule has 0 bridgehead atoms. The van der Waals surface area contributed by atoms with Gasteiger partial charge in [-0.15, -0.1) is 0 Å². The fraction of sp³-hybridized carbons (Fsp3) is 0.588. The van der Waals surface area contributed by atoms with E-state index in [2.05, 4.69) is 30.7 Å². The summed E-state index contributed by atoms with van der Waals surface area (Å²) >= 11 is 3.47. The molecule has 1 aromatic carbocycles. The molecule has 0 radical (unpaired) electrons. The first kappa shape index (κ1) is 15.6. The van der Waals surface area contributed by atoms with E-state index in [4.69, 9.17) is 9.15 Å². The molecule has 2 fully saturated rings. The van der Waals surface area contributed by atoms with Crippen molar-refractivity contribution >= 4 is 27.0 Å². The molecule has 6 heteroatoms. The summed E-state index contributed by atoms with van der Waals surface area (Å²) in [6.45, 7) is 8.28. The van der Waals surface area contributed by atoms with Crippen LogP contribution in [-0.2, 0) is 11.3 Å². The van der Waals surface area contributed by atoms with Crippen LogP contribution < -0.4 is 0 Å². The molecule has 0 saturated carbocycles. The average Bonchev–Trinajstić information content (AvgIpc) is 3.18. The zero-order valence-electron chi connectivity index (χ0n) is 13.2. The van der Waals surface area contributed by atoms with Gasteiger partial charge in [-0.2, -0.15) is 0 Å². The van der Waals surface area contributed by atoms with E-state index in [0.29, 0.717) is 0 Å². The highest BCUT2D eigenvalue weighted by molar-refractivity contribution is 9.10. The zero-order chi connectivity index (χ0) is 15.6. The minimum absolute atomic E-state index is 0.733. The van der Waals surface area contributed by atoms with Gasteiger partial charge in [0, 0.05) is 43.8 Å². The molecule has 2 saturated heterocycles.